The largest absolute Gasteiger partial charge is 0.385 e. The van der Waals surface area contributed by atoms with Crippen molar-refractivity contribution in [1.82, 2.24) is 19.8 Å². The topological polar surface area (TPSA) is 102 Å². The summed E-state index contributed by atoms with van der Waals surface area (Å²) in [6.07, 6.45) is 3.03. The molecule has 1 aliphatic heterocycles. The molecular weight excluding hydrogens is 442 g/mol. The molecule has 2 aromatic carbocycles. The van der Waals surface area contributed by atoms with Crippen LogP contribution in [-0.2, 0) is 16.1 Å². The lowest BCUT2D eigenvalue weighted by atomic mass is 9.96. The zero-order valence-corrected chi connectivity index (χ0v) is 20.4. The number of methoxy groups -OCH3 is 1. The molecule has 0 bridgehead atoms. The first-order chi connectivity index (χ1) is 17.1. The Morgan fingerprint density at radius 3 is 2.74 bits per heavy atom. The Morgan fingerprint density at radius 2 is 1.94 bits per heavy atom. The van der Waals surface area contributed by atoms with Crippen LogP contribution in [0.4, 0.5) is 0 Å². The third-order valence-electron chi connectivity index (χ3n) is 6.55. The van der Waals surface area contributed by atoms with Crippen LogP contribution >= 0.6 is 0 Å². The van der Waals surface area contributed by atoms with Crippen LogP contribution < -0.4 is 11.1 Å². The van der Waals surface area contributed by atoms with E-state index >= 15 is 0 Å². The van der Waals surface area contributed by atoms with Gasteiger partial charge in [-0.15, -0.1) is 0 Å². The van der Waals surface area contributed by atoms with Crippen LogP contribution in [0.2, 0.25) is 0 Å². The van der Waals surface area contributed by atoms with E-state index in [4.69, 9.17) is 15.5 Å². The average molecular weight is 478 g/mol. The molecule has 2 atom stereocenters. The number of nitrogens with two attached hydrogens (primary N) is 1. The molecule has 186 valence electrons. The number of imidazole rings is 1. The monoisotopic (exact) mass is 477 g/mol. The molecule has 8 nitrogen and oxygen atoms in total. The van der Waals surface area contributed by atoms with Crippen molar-refractivity contribution in [3.8, 4) is 0 Å². The first-order valence-electron chi connectivity index (χ1n) is 12.4. The highest BCUT2D eigenvalue weighted by atomic mass is 16.5. The van der Waals surface area contributed by atoms with E-state index in [9.17, 15) is 9.59 Å². The number of aromatic nitrogens is 2. The van der Waals surface area contributed by atoms with Crippen LogP contribution in [0.15, 0.2) is 54.6 Å². The molecular formula is C27H35N5O3. The van der Waals surface area contributed by atoms with Crippen molar-refractivity contribution >= 4 is 22.8 Å². The van der Waals surface area contributed by atoms with Gasteiger partial charge in [0.05, 0.1) is 11.0 Å². The van der Waals surface area contributed by atoms with Gasteiger partial charge in [-0.05, 0) is 43.5 Å². The lowest BCUT2D eigenvalue weighted by Gasteiger charge is -2.33. The van der Waals surface area contributed by atoms with Crippen molar-refractivity contribution in [1.29, 1.82) is 0 Å². The third-order valence-corrected chi connectivity index (χ3v) is 6.55. The van der Waals surface area contributed by atoms with Crippen molar-refractivity contribution in [3.63, 3.8) is 0 Å². The molecule has 3 aromatic rings. The maximum absolute atomic E-state index is 13.1. The van der Waals surface area contributed by atoms with Gasteiger partial charge in [-0.3, -0.25) is 9.59 Å². The number of benzene rings is 2. The fourth-order valence-electron chi connectivity index (χ4n) is 4.76. The van der Waals surface area contributed by atoms with Crippen molar-refractivity contribution in [2.24, 2.45) is 5.73 Å². The summed E-state index contributed by atoms with van der Waals surface area (Å²) in [7, 11) is 1.72. The minimum Gasteiger partial charge on any atom is -0.385 e. The van der Waals surface area contributed by atoms with Gasteiger partial charge in [0.2, 0.25) is 5.91 Å². The zero-order chi connectivity index (χ0) is 24.6. The summed E-state index contributed by atoms with van der Waals surface area (Å²) in [4.78, 5) is 32.2. The van der Waals surface area contributed by atoms with Crippen LogP contribution in [0.1, 0.15) is 47.8 Å². The van der Waals surface area contributed by atoms with E-state index in [1.54, 1.807) is 19.2 Å². The quantitative estimate of drug-likeness (QED) is 0.437. The van der Waals surface area contributed by atoms with Gasteiger partial charge < -0.3 is 25.3 Å². The molecule has 8 heteroatoms. The molecule has 0 saturated carbocycles. The van der Waals surface area contributed by atoms with Crippen LogP contribution in [0.5, 0.6) is 0 Å². The molecule has 4 rings (SSSR count). The number of nitrogens with one attached hydrogen (secondary N) is 1. The summed E-state index contributed by atoms with van der Waals surface area (Å²) < 4.78 is 7.55. The number of likely N-dealkylation sites (tertiary alicyclic amines) is 1. The lowest BCUT2D eigenvalue weighted by Crippen LogP contribution is -2.45. The van der Waals surface area contributed by atoms with Gasteiger partial charge in [0.25, 0.3) is 5.91 Å². The van der Waals surface area contributed by atoms with Gasteiger partial charge in [0.1, 0.15) is 5.82 Å². The van der Waals surface area contributed by atoms with Gasteiger partial charge in [0, 0.05) is 63.8 Å². The SMILES string of the molecule is COCCCn1c([C@@H]2CCCN(C(=O)C[C@@H](N)CNC(=O)c3ccccc3)C2)nc2ccccc21. The molecule has 1 fully saturated rings. The number of carbonyl (C=O) groups is 2. The number of para-hydroxylation sites is 2. The fourth-order valence-corrected chi connectivity index (χ4v) is 4.76. The van der Waals surface area contributed by atoms with Gasteiger partial charge in [-0.1, -0.05) is 30.3 Å². The number of carbonyl (C=O) groups excluding carboxylic acids is 2. The predicted octanol–water partition coefficient (Wildman–Crippen LogP) is 2.93. The summed E-state index contributed by atoms with van der Waals surface area (Å²) in [6.45, 7) is 3.14. The standard InChI is InChI=1S/C27H35N5O3/c1-35-16-8-15-32-24-13-6-5-12-23(24)30-26(32)21-11-7-14-31(19-21)25(33)17-22(28)18-29-27(34)20-9-3-2-4-10-20/h2-6,9-10,12-13,21-22H,7-8,11,14-19,28H2,1H3,(H,29,34)/t21-,22-/m1/s1. The average Bonchev–Trinajstić information content (AvgIpc) is 3.26. The third kappa shape index (κ3) is 6.26. The molecule has 0 unspecified atom stereocenters. The van der Waals surface area contributed by atoms with Crippen LogP contribution in [0.3, 0.4) is 0 Å². The Hall–Kier alpha value is -3.23. The Bertz CT molecular complexity index is 1130. The van der Waals surface area contributed by atoms with Gasteiger partial charge in [0.15, 0.2) is 0 Å². The summed E-state index contributed by atoms with van der Waals surface area (Å²) in [6, 6.07) is 16.8. The van der Waals surface area contributed by atoms with Crippen LogP contribution in [0, 0.1) is 0 Å². The fraction of sp³-hybridized carbons (Fsp3) is 0.444. The van der Waals surface area contributed by atoms with Gasteiger partial charge >= 0.3 is 0 Å². The highest BCUT2D eigenvalue weighted by molar-refractivity contribution is 5.94. The van der Waals surface area contributed by atoms with Gasteiger partial charge in [-0.25, -0.2) is 4.98 Å². The van der Waals surface area contributed by atoms with Crippen molar-refractivity contribution in [3.05, 3.63) is 66.0 Å². The smallest absolute Gasteiger partial charge is 0.251 e. The van der Waals surface area contributed by atoms with Gasteiger partial charge in [-0.2, -0.15) is 0 Å². The Morgan fingerprint density at radius 1 is 1.17 bits per heavy atom. The highest BCUT2D eigenvalue weighted by Crippen LogP contribution is 2.30. The molecule has 1 aliphatic rings. The number of fused-ring (bicyclic) bond motifs is 1. The first kappa shape index (κ1) is 24.9. The highest BCUT2D eigenvalue weighted by Gasteiger charge is 2.29. The second kappa shape index (κ2) is 12.0. The molecule has 2 heterocycles. The number of hydrogen-bond donors (Lipinski definition) is 2. The predicted molar refractivity (Wildman–Crippen MR) is 136 cm³/mol. The minimum atomic E-state index is -0.436. The Balaban J connectivity index is 1.37. The second-order valence-electron chi connectivity index (χ2n) is 9.18. The maximum Gasteiger partial charge on any atom is 0.251 e. The maximum atomic E-state index is 13.1. The minimum absolute atomic E-state index is 0.0261. The molecule has 0 aliphatic carbocycles. The number of nitrogens with zero attached hydrogens (tertiary/aromatic N) is 3. The normalized spacial score (nSPS) is 16.9. The van der Waals surface area contributed by atoms with E-state index in [0.29, 0.717) is 18.7 Å². The number of piperidine rings is 1. The van der Waals surface area contributed by atoms with E-state index in [0.717, 1.165) is 49.2 Å². The van der Waals surface area contributed by atoms with E-state index in [2.05, 4.69) is 16.0 Å². The van der Waals surface area contributed by atoms with Crippen LogP contribution in [-0.4, -0.2) is 65.7 Å². The molecule has 2 amide bonds. The number of rotatable bonds is 10. The summed E-state index contributed by atoms with van der Waals surface area (Å²) >= 11 is 0. The number of aryl methyl sites for hydroxylation is 1. The van der Waals surface area contributed by atoms with Crippen molar-refractivity contribution < 1.29 is 14.3 Å². The molecule has 1 aromatic heterocycles. The first-order valence-corrected chi connectivity index (χ1v) is 12.4. The molecule has 1 saturated heterocycles. The Kier molecular flexibility index (Phi) is 8.50. The van der Waals surface area contributed by atoms with Crippen molar-refractivity contribution in [2.45, 2.75) is 44.2 Å². The van der Waals surface area contributed by atoms with E-state index in [1.807, 2.05) is 41.3 Å². The summed E-state index contributed by atoms with van der Waals surface area (Å²) in [5, 5.41) is 2.83. The summed E-state index contributed by atoms with van der Waals surface area (Å²) in [5.74, 6) is 1.06. The van der Waals surface area contributed by atoms with Crippen LogP contribution in [0.25, 0.3) is 11.0 Å². The molecule has 0 radical (unpaired) electrons. The number of hydrogen-bond acceptors (Lipinski definition) is 5. The summed E-state index contributed by atoms with van der Waals surface area (Å²) in [5.41, 5.74) is 8.90. The lowest BCUT2D eigenvalue weighted by molar-refractivity contribution is -0.132. The Labute approximate surface area is 206 Å². The zero-order valence-electron chi connectivity index (χ0n) is 20.4. The van der Waals surface area contributed by atoms with E-state index < -0.39 is 6.04 Å². The number of ether oxygens (including phenoxy) is 1. The number of amides is 2. The molecule has 35 heavy (non-hydrogen) atoms. The second-order valence-corrected chi connectivity index (χ2v) is 9.18. The van der Waals surface area contributed by atoms with E-state index in [-0.39, 0.29) is 30.7 Å². The molecule has 3 N–H and O–H groups in total. The van der Waals surface area contributed by atoms with E-state index in [1.165, 1.54) is 0 Å². The molecule has 0 spiro atoms. The van der Waals surface area contributed by atoms with Crippen molar-refractivity contribution in [2.75, 3.05) is 33.4 Å².